The van der Waals surface area contributed by atoms with Crippen molar-refractivity contribution in [3.63, 3.8) is 0 Å². The molecule has 2 heterocycles. The van der Waals surface area contributed by atoms with E-state index in [-0.39, 0.29) is 12.6 Å². The zero-order chi connectivity index (χ0) is 17.5. The smallest absolute Gasteiger partial charge is 0.225 e. The van der Waals surface area contributed by atoms with Crippen LogP contribution < -0.4 is 4.90 Å². The van der Waals surface area contributed by atoms with Gasteiger partial charge in [0.25, 0.3) is 0 Å². The van der Waals surface area contributed by atoms with Gasteiger partial charge in [-0.15, -0.1) is 0 Å². The van der Waals surface area contributed by atoms with E-state index in [1.807, 2.05) is 30.3 Å². The second-order valence-corrected chi connectivity index (χ2v) is 5.98. The van der Waals surface area contributed by atoms with Crippen molar-refractivity contribution >= 4 is 18.3 Å². The monoisotopic (exact) mass is 338 g/mol. The number of aromatic nitrogens is 2. The van der Waals surface area contributed by atoms with Crippen LogP contribution in [0.5, 0.6) is 0 Å². The van der Waals surface area contributed by atoms with Crippen LogP contribution in [-0.2, 0) is 0 Å². The standard InChI is InChI=1S/C19H22N4O2/c24-14-17-12-20-19(21-13-17)23-10-8-22(9-11-23)18(15-25)7-6-16-4-2-1-3-5-16/h1-7,12-14,18,25H,8-11,15H2/b7-6+. The molecular formula is C19H22N4O2. The summed E-state index contributed by atoms with van der Waals surface area (Å²) in [5.74, 6) is 0.644. The Hall–Kier alpha value is -2.57. The van der Waals surface area contributed by atoms with Crippen LogP contribution in [0, 0.1) is 0 Å². The highest BCUT2D eigenvalue weighted by atomic mass is 16.3. The summed E-state index contributed by atoms with van der Waals surface area (Å²) in [6.07, 6.45) is 7.93. The molecular weight excluding hydrogens is 316 g/mol. The molecule has 2 aromatic rings. The lowest BCUT2D eigenvalue weighted by Crippen LogP contribution is -2.51. The fourth-order valence-electron chi connectivity index (χ4n) is 2.89. The molecule has 1 N–H and O–H groups in total. The molecule has 0 bridgehead atoms. The number of aldehydes is 1. The van der Waals surface area contributed by atoms with Gasteiger partial charge in [-0.2, -0.15) is 0 Å². The quantitative estimate of drug-likeness (QED) is 0.805. The largest absolute Gasteiger partial charge is 0.394 e. The zero-order valence-corrected chi connectivity index (χ0v) is 14.0. The number of rotatable bonds is 6. The molecule has 1 aromatic heterocycles. The third kappa shape index (κ3) is 4.49. The van der Waals surface area contributed by atoms with Crippen molar-refractivity contribution in [2.75, 3.05) is 37.7 Å². The molecule has 25 heavy (non-hydrogen) atoms. The molecule has 1 fully saturated rings. The van der Waals surface area contributed by atoms with Crippen molar-refractivity contribution in [2.24, 2.45) is 0 Å². The summed E-state index contributed by atoms with van der Waals surface area (Å²) in [6, 6.07) is 10.1. The molecule has 0 spiro atoms. The van der Waals surface area contributed by atoms with Crippen molar-refractivity contribution in [3.05, 3.63) is 59.9 Å². The first-order chi connectivity index (χ1) is 12.3. The third-order valence-corrected chi connectivity index (χ3v) is 4.36. The maximum absolute atomic E-state index is 10.7. The van der Waals surface area contributed by atoms with E-state index in [2.05, 4.69) is 31.9 Å². The summed E-state index contributed by atoms with van der Waals surface area (Å²) in [5.41, 5.74) is 1.61. The first kappa shape index (κ1) is 17.3. The minimum atomic E-state index is 0.000661. The van der Waals surface area contributed by atoms with E-state index >= 15 is 0 Å². The molecule has 6 heteroatoms. The van der Waals surface area contributed by atoms with Crippen LogP contribution in [0.2, 0.25) is 0 Å². The maximum atomic E-state index is 10.7. The van der Waals surface area contributed by atoms with Gasteiger partial charge in [-0.25, -0.2) is 9.97 Å². The number of benzene rings is 1. The Morgan fingerprint density at radius 1 is 1.04 bits per heavy atom. The van der Waals surface area contributed by atoms with Gasteiger partial charge in [-0.3, -0.25) is 9.69 Å². The molecule has 0 saturated carbocycles. The van der Waals surface area contributed by atoms with Crippen molar-refractivity contribution in [3.8, 4) is 0 Å². The number of hydrogen-bond donors (Lipinski definition) is 1. The average molecular weight is 338 g/mol. The Balaban J connectivity index is 1.58. The number of carbonyl (C=O) groups is 1. The number of nitrogens with zero attached hydrogens (tertiary/aromatic N) is 4. The van der Waals surface area contributed by atoms with Crippen LogP contribution in [0.1, 0.15) is 15.9 Å². The molecule has 130 valence electrons. The highest BCUT2D eigenvalue weighted by Crippen LogP contribution is 2.14. The molecule has 1 atom stereocenters. The number of carbonyl (C=O) groups excluding carboxylic acids is 1. The van der Waals surface area contributed by atoms with Crippen LogP contribution in [0.4, 0.5) is 5.95 Å². The molecule has 1 aromatic carbocycles. The van der Waals surface area contributed by atoms with Crippen molar-refractivity contribution in [1.82, 2.24) is 14.9 Å². The topological polar surface area (TPSA) is 69.6 Å². The Morgan fingerprint density at radius 2 is 1.72 bits per heavy atom. The molecule has 3 rings (SSSR count). The molecule has 0 aliphatic carbocycles. The first-order valence-corrected chi connectivity index (χ1v) is 8.40. The van der Waals surface area contributed by atoms with E-state index in [4.69, 9.17) is 0 Å². The molecule has 1 saturated heterocycles. The van der Waals surface area contributed by atoms with Gasteiger partial charge in [0, 0.05) is 38.6 Å². The van der Waals surface area contributed by atoms with Gasteiger partial charge < -0.3 is 10.0 Å². The van der Waals surface area contributed by atoms with Crippen molar-refractivity contribution in [2.45, 2.75) is 6.04 Å². The van der Waals surface area contributed by atoms with E-state index in [1.54, 1.807) is 12.4 Å². The van der Waals surface area contributed by atoms with E-state index in [0.717, 1.165) is 38.0 Å². The zero-order valence-electron chi connectivity index (χ0n) is 14.0. The minimum absolute atomic E-state index is 0.000661. The highest BCUT2D eigenvalue weighted by molar-refractivity contribution is 5.73. The van der Waals surface area contributed by atoms with Crippen LogP contribution in [0.3, 0.4) is 0 Å². The minimum Gasteiger partial charge on any atom is -0.394 e. The lowest BCUT2D eigenvalue weighted by atomic mass is 10.1. The Bertz CT molecular complexity index is 695. The van der Waals surface area contributed by atoms with Crippen molar-refractivity contribution < 1.29 is 9.90 Å². The number of hydrogen-bond acceptors (Lipinski definition) is 6. The number of piperazine rings is 1. The van der Waals surface area contributed by atoms with Crippen LogP contribution in [0.25, 0.3) is 6.08 Å². The lowest BCUT2D eigenvalue weighted by molar-refractivity contribution is 0.112. The van der Waals surface area contributed by atoms with E-state index in [0.29, 0.717) is 11.5 Å². The van der Waals surface area contributed by atoms with Crippen LogP contribution in [-0.4, -0.2) is 65.1 Å². The predicted molar refractivity (Wildman–Crippen MR) is 97.6 cm³/mol. The fourth-order valence-corrected chi connectivity index (χ4v) is 2.89. The van der Waals surface area contributed by atoms with Gasteiger partial charge in [-0.05, 0) is 5.56 Å². The molecule has 6 nitrogen and oxygen atoms in total. The number of aliphatic hydroxyl groups is 1. The molecule has 0 radical (unpaired) electrons. The van der Waals surface area contributed by atoms with Crippen LogP contribution >= 0.6 is 0 Å². The Kier molecular flexibility index (Phi) is 5.87. The second kappa shape index (κ2) is 8.50. The molecule has 0 amide bonds. The highest BCUT2D eigenvalue weighted by Gasteiger charge is 2.23. The molecule has 1 aliphatic rings. The van der Waals surface area contributed by atoms with Gasteiger partial charge in [-0.1, -0.05) is 42.5 Å². The number of aliphatic hydroxyl groups excluding tert-OH is 1. The van der Waals surface area contributed by atoms with Gasteiger partial charge in [0.1, 0.15) is 0 Å². The van der Waals surface area contributed by atoms with E-state index in [1.165, 1.54) is 0 Å². The first-order valence-electron chi connectivity index (χ1n) is 8.40. The summed E-state index contributed by atoms with van der Waals surface area (Å²) in [6.45, 7) is 3.31. The summed E-state index contributed by atoms with van der Waals surface area (Å²) in [7, 11) is 0. The predicted octanol–water partition coefficient (Wildman–Crippen LogP) is 1.49. The number of anilines is 1. The van der Waals surface area contributed by atoms with Gasteiger partial charge in [0.15, 0.2) is 6.29 Å². The second-order valence-electron chi connectivity index (χ2n) is 5.98. The van der Waals surface area contributed by atoms with Gasteiger partial charge in [0.05, 0.1) is 18.2 Å². The summed E-state index contributed by atoms with van der Waals surface area (Å²) in [5, 5.41) is 9.73. The van der Waals surface area contributed by atoms with Crippen LogP contribution in [0.15, 0.2) is 48.8 Å². The SMILES string of the molecule is O=Cc1cnc(N2CCN(C(/C=C/c3ccccc3)CO)CC2)nc1. The van der Waals surface area contributed by atoms with E-state index < -0.39 is 0 Å². The lowest BCUT2D eigenvalue weighted by Gasteiger charge is -2.37. The molecule has 1 aliphatic heterocycles. The fraction of sp³-hybridized carbons (Fsp3) is 0.316. The third-order valence-electron chi connectivity index (χ3n) is 4.36. The summed E-state index contributed by atoms with van der Waals surface area (Å²) >= 11 is 0. The van der Waals surface area contributed by atoms with Gasteiger partial charge in [0.2, 0.25) is 5.95 Å². The normalized spacial score (nSPS) is 16.9. The Morgan fingerprint density at radius 3 is 2.32 bits per heavy atom. The van der Waals surface area contributed by atoms with Gasteiger partial charge >= 0.3 is 0 Å². The maximum Gasteiger partial charge on any atom is 0.225 e. The summed E-state index contributed by atoms with van der Waals surface area (Å²) in [4.78, 5) is 23.5. The van der Waals surface area contributed by atoms with Crippen molar-refractivity contribution in [1.29, 1.82) is 0 Å². The average Bonchev–Trinajstić information content (AvgIpc) is 2.70. The molecule has 1 unspecified atom stereocenters. The summed E-state index contributed by atoms with van der Waals surface area (Å²) < 4.78 is 0. The van der Waals surface area contributed by atoms with E-state index in [9.17, 15) is 9.90 Å². The Labute approximate surface area is 147 Å².